The van der Waals surface area contributed by atoms with Crippen LogP contribution in [0.25, 0.3) is 10.9 Å². The predicted molar refractivity (Wildman–Crippen MR) is 114 cm³/mol. The van der Waals surface area contributed by atoms with Crippen molar-refractivity contribution in [2.24, 2.45) is 0 Å². The van der Waals surface area contributed by atoms with E-state index >= 15 is 0 Å². The van der Waals surface area contributed by atoms with E-state index in [1.165, 1.54) is 5.56 Å². The van der Waals surface area contributed by atoms with Gasteiger partial charge in [-0.3, -0.25) is 0 Å². The van der Waals surface area contributed by atoms with Gasteiger partial charge >= 0.3 is 0 Å². The van der Waals surface area contributed by atoms with Gasteiger partial charge in [-0.25, -0.2) is 4.98 Å². The van der Waals surface area contributed by atoms with E-state index in [1.54, 1.807) is 7.11 Å². The second-order valence-electron chi connectivity index (χ2n) is 6.40. The van der Waals surface area contributed by atoms with Gasteiger partial charge in [0, 0.05) is 11.9 Å². The highest BCUT2D eigenvalue weighted by Crippen LogP contribution is 2.28. The number of fused-ring (bicyclic) bond motifs is 1. The molecule has 140 valence electrons. The second-order valence-corrected chi connectivity index (χ2v) is 6.40. The molecule has 28 heavy (non-hydrogen) atoms. The summed E-state index contributed by atoms with van der Waals surface area (Å²) in [6.07, 6.45) is 0.925. The van der Waals surface area contributed by atoms with E-state index in [2.05, 4.69) is 39.9 Å². The van der Waals surface area contributed by atoms with Crippen LogP contribution >= 0.6 is 0 Å². The van der Waals surface area contributed by atoms with E-state index in [0.29, 0.717) is 5.95 Å². The van der Waals surface area contributed by atoms with Crippen LogP contribution in [0.1, 0.15) is 5.56 Å². The first kappa shape index (κ1) is 17.8. The van der Waals surface area contributed by atoms with Gasteiger partial charge in [0.25, 0.3) is 0 Å². The Hall–Kier alpha value is -3.60. The lowest BCUT2D eigenvalue weighted by atomic mass is 10.1. The summed E-state index contributed by atoms with van der Waals surface area (Å²) in [7, 11) is 1.65. The minimum atomic E-state index is 0.533. The number of benzene rings is 3. The van der Waals surface area contributed by atoms with E-state index in [9.17, 15) is 0 Å². The van der Waals surface area contributed by atoms with Crippen LogP contribution in [0, 0.1) is 0 Å². The fourth-order valence-corrected chi connectivity index (χ4v) is 3.11. The fourth-order valence-electron chi connectivity index (χ4n) is 3.11. The highest BCUT2D eigenvalue weighted by atomic mass is 16.5. The van der Waals surface area contributed by atoms with Crippen molar-refractivity contribution in [1.82, 2.24) is 9.97 Å². The number of para-hydroxylation sites is 3. The van der Waals surface area contributed by atoms with E-state index in [4.69, 9.17) is 9.72 Å². The van der Waals surface area contributed by atoms with Crippen molar-refractivity contribution in [2.45, 2.75) is 6.42 Å². The van der Waals surface area contributed by atoms with Gasteiger partial charge in [-0.1, -0.05) is 54.6 Å². The molecule has 1 aromatic heterocycles. The van der Waals surface area contributed by atoms with Gasteiger partial charge in [-0.2, -0.15) is 4.98 Å². The Morgan fingerprint density at radius 1 is 0.821 bits per heavy atom. The van der Waals surface area contributed by atoms with Crippen LogP contribution in [-0.4, -0.2) is 23.6 Å². The molecule has 0 unspecified atom stereocenters. The number of aromatic nitrogens is 2. The number of methoxy groups -OCH3 is 1. The van der Waals surface area contributed by atoms with E-state index in [-0.39, 0.29) is 0 Å². The normalized spacial score (nSPS) is 10.6. The Balaban J connectivity index is 1.60. The highest BCUT2D eigenvalue weighted by Gasteiger charge is 2.09. The van der Waals surface area contributed by atoms with Crippen LogP contribution in [0.5, 0.6) is 5.75 Å². The lowest BCUT2D eigenvalue weighted by Crippen LogP contribution is -2.09. The Morgan fingerprint density at radius 3 is 2.43 bits per heavy atom. The molecule has 0 bridgehead atoms. The third-order valence-electron chi connectivity index (χ3n) is 4.51. The largest absolute Gasteiger partial charge is 0.495 e. The Kier molecular flexibility index (Phi) is 5.33. The molecule has 0 saturated carbocycles. The standard InChI is InChI=1S/C23H22N4O/c1-28-21-14-8-7-13-20(21)26-23-25-19-12-6-5-11-18(19)22(27-23)24-16-15-17-9-3-2-4-10-17/h2-14H,15-16H2,1H3,(H2,24,25,26,27). The summed E-state index contributed by atoms with van der Waals surface area (Å²) >= 11 is 0. The van der Waals surface area contributed by atoms with E-state index < -0.39 is 0 Å². The summed E-state index contributed by atoms with van der Waals surface area (Å²) in [6, 6.07) is 26.2. The summed E-state index contributed by atoms with van der Waals surface area (Å²) in [5.74, 6) is 2.10. The Bertz CT molecular complexity index is 1070. The third kappa shape index (κ3) is 4.04. The highest BCUT2D eigenvalue weighted by molar-refractivity contribution is 5.90. The maximum atomic E-state index is 5.42. The van der Waals surface area contributed by atoms with Crippen LogP contribution in [0.3, 0.4) is 0 Å². The molecule has 0 radical (unpaired) electrons. The molecule has 1 heterocycles. The molecule has 0 aliphatic carbocycles. The summed E-state index contributed by atoms with van der Waals surface area (Å²) in [5, 5.41) is 7.75. The molecule has 0 aliphatic rings. The molecule has 5 nitrogen and oxygen atoms in total. The Morgan fingerprint density at radius 2 is 1.57 bits per heavy atom. The number of nitrogens with one attached hydrogen (secondary N) is 2. The van der Waals surface area contributed by atoms with Crippen molar-refractivity contribution in [3.63, 3.8) is 0 Å². The molecule has 0 atom stereocenters. The average Bonchev–Trinajstić information content (AvgIpc) is 2.75. The fraction of sp³-hybridized carbons (Fsp3) is 0.130. The molecule has 0 aliphatic heterocycles. The summed E-state index contributed by atoms with van der Waals surface area (Å²) < 4.78 is 5.42. The maximum absolute atomic E-state index is 5.42. The van der Waals surface area contributed by atoms with Gasteiger partial charge in [0.2, 0.25) is 5.95 Å². The lowest BCUT2D eigenvalue weighted by molar-refractivity contribution is 0.417. The molecule has 0 amide bonds. The second kappa shape index (κ2) is 8.39. The molecular formula is C23H22N4O. The first-order chi connectivity index (χ1) is 13.8. The molecule has 4 aromatic rings. The van der Waals surface area contributed by atoms with Crippen molar-refractivity contribution in [1.29, 1.82) is 0 Å². The lowest BCUT2D eigenvalue weighted by Gasteiger charge is -2.13. The van der Waals surface area contributed by atoms with Crippen molar-refractivity contribution in [3.8, 4) is 5.75 Å². The molecule has 0 spiro atoms. The van der Waals surface area contributed by atoms with Crippen LogP contribution in [0.2, 0.25) is 0 Å². The summed E-state index contributed by atoms with van der Waals surface area (Å²) in [4.78, 5) is 9.37. The van der Waals surface area contributed by atoms with E-state index in [0.717, 1.165) is 41.1 Å². The number of hydrogen-bond donors (Lipinski definition) is 2. The molecule has 5 heteroatoms. The van der Waals surface area contributed by atoms with Gasteiger partial charge in [0.15, 0.2) is 0 Å². The first-order valence-corrected chi connectivity index (χ1v) is 9.28. The van der Waals surface area contributed by atoms with Crippen LogP contribution < -0.4 is 15.4 Å². The number of anilines is 3. The number of hydrogen-bond acceptors (Lipinski definition) is 5. The van der Waals surface area contributed by atoms with Gasteiger partial charge in [-0.15, -0.1) is 0 Å². The van der Waals surface area contributed by atoms with Crippen LogP contribution in [-0.2, 0) is 6.42 Å². The minimum Gasteiger partial charge on any atom is -0.495 e. The monoisotopic (exact) mass is 370 g/mol. The van der Waals surface area contributed by atoms with Gasteiger partial charge in [0.05, 0.1) is 18.3 Å². The topological polar surface area (TPSA) is 59.1 Å². The zero-order valence-electron chi connectivity index (χ0n) is 15.7. The predicted octanol–water partition coefficient (Wildman–Crippen LogP) is 5.04. The van der Waals surface area contributed by atoms with Crippen molar-refractivity contribution in [3.05, 3.63) is 84.4 Å². The molecule has 0 fully saturated rings. The molecule has 3 aromatic carbocycles. The third-order valence-corrected chi connectivity index (χ3v) is 4.51. The molecule has 4 rings (SSSR count). The van der Waals surface area contributed by atoms with Crippen LogP contribution in [0.4, 0.5) is 17.5 Å². The number of ether oxygens (including phenoxy) is 1. The smallest absolute Gasteiger partial charge is 0.229 e. The Labute approximate surface area is 164 Å². The zero-order valence-corrected chi connectivity index (χ0v) is 15.7. The summed E-state index contributed by atoms with van der Waals surface area (Å²) in [6.45, 7) is 0.791. The van der Waals surface area contributed by atoms with Gasteiger partial charge < -0.3 is 15.4 Å². The number of nitrogens with zero attached hydrogens (tertiary/aromatic N) is 2. The van der Waals surface area contributed by atoms with Crippen molar-refractivity contribution < 1.29 is 4.74 Å². The average molecular weight is 370 g/mol. The molecule has 2 N–H and O–H groups in total. The van der Waals surface area contributed by atoms with Crippen molar-refractivity contribution in [2.75, 3.05) is 24.3 Å². The maximum Gasteiger partial charge on any atom is 0.229 e. The van der Waals surface area contributed by atoms with Gasteiger partial charge in [-0.05, 0) is 36.2 Å². The first-order valence-electron chi connectivity index (χ1n) is 9.28. The van der Waals surface area contributed by atoms with Gasteiger partial charge in [0.1, 0.15) is 11.6 Å². The van der Waals surface area contributed by atoms with E-state index in [1.807, 2.05) is 54.6 Å². The SMILES string of the molecule is COc1ccccc1Nc1nc(NCCc2ccccc2)c2ccccc2n1. The molecule has 0 saturated heterocycles. The quantitative estimate of drug-likeness (QED) is 0.477. The summed E-state index contributed by atoms with van der Waals surface area (Å²) in [5.41, 5.74) is 3.01. The molecular weight excluding hydrogens is 348 g/mol. The number of rotatable bonds is 7. The van der Waals surface area contributed by atoms with Crippen molar-refractivity contribution >= 4 is 28.4 Å². The van der Waals surface area contributed by atoms with Crippen LogP contribution in [0.15, 0.2) is 78.9 Å². The minimum absolute atomic E-state index is 0.533. The zero-order chi connectivity index (χ0) is 19.2.